The molecule has 0 radical (unpaired) electrons. The molecule has 0 aromatic heterocycles. The summed E-state index contributed by atoms with van der Waals surface area (Å²) in [5.74, 6) is -0.212. The van der Waals surface area contributed by atoms with Gasteiger partial charge in [0.15, 0.2) is 0 Å². The number of halogens is 1. The maximum Gasteiger partial charge on any atom is 0.141 e. The zero-order valence-corrected chi connectivity index (χ0v) is 6.26. The second-order valence-corrected chi connectivity index (χ2v) is 2.72. The van der Waals surface area contributed by atoms with Crippen molar-refractivity contribution in [2.24, 2.45) is 0 Å². The number of fused-ring (bicyclic) bond motifs is 1. The molecule has 0 aliphatic carbocycles. The van der Waals surface area contributed by atoms with E-state index in [1.54, 1.807) is 11.1 Å². The number of allylic oxidation sites excluding steroid dienone is 3. The van der Waals surface area contributed by atoms with E-state index in [1.807, 2.05) is 6.92 Å². The van der Waals surface area contributed by atoms with Gasteiger partial charge in [0.2, 0.25) is 0 Å². The van der Waals surface area contributed by atoms with E-state index in [0.717, 1.165) is 12.2 Å². The van der Waals surface area contributed by atoms with E-state index in [2.05, 4.69) is 5.43 Å². The smallest absolute Gasteiger partial charge is 0.141 e. The minimum atomic E-state index is -0.212. The molecule has 0 unspecified atom stereocenters. The Morgan fingerprint density at radius 3 is 3.18 bits per heavy atom. The molecular formula is C8H9FN2. The molecule has 3 heteroatoms. The molecule has 0 amide bonds. The molecule has 2 aliphatic rings. The lowest BCUT2D eigenvalue weighted by Gasteiger charge is -2.17. The molecule has 2 aliphatic heterocycles. The van der Waals surface area contributed by atoms with E-state index < -0.39 is 0 Å². The van der Waals surface area contributed by atoms with Crippen LogP contribution in [0.25, 0.3) is 0 Å². The molecule has 0 atom stereocenters. The van der Waals surface area contributed by atoms with Gasteiger partial charge in [0, 0.05) is 6.54 Å². The molecule has 2 nitrogen and oxygen atoms in total. The Labute approximate surface area is 64.7 Å². The number of nitrogens with one attached hydrogen (secondary N) is 1. The van der Waals surface area contributed by atoms with Gasteiger partial charge in [-0.2, -0.15) is 0 Å². The lowest BCUT2D eigenvalue weighted by molar-refractivity contribution is 0.381. The summed E-state index contributed by atoms with van der Waals surface area (Å²) in [5.41, 5.74) is 5.33. The molecule has 0 spiro atoms. The molecule has 0 bridgehead atoms. The van der Waals surface area contributed by atoms with Gasteiger partial charge in [-0.15, -0.1) is 0 Å². The molecule has 0 aromatic carbocycles. The topological polar surface area (TPSA) is 15.3 Å². The van der Waals surface area contributed by atoms with Gasteiger partial charge < -0.3 is 0 Å². The number of nitrogens with zero attached hydrogens (tertiary/aromatic N) is 1. The van der Waals surface area contributed by atoms with E-state index in [1.165, 1.54) is 17.8 Å². The molecule has 58 valence electrons. The fraction of sp³-hybridized carbons (Fsp3) is 0.250. The summed E-state index contributed by atoms with van der Waals surface area (Å²) in [6.45, 7) is 2.84. The lowest BCUT2D eigenvalue weighted by Crippen LogP contribution is -2.27. The number of rotatable bonds is 0. The third-order valence-corrected chi connectivity index (χ3v) is 1.86. The van der Waals surface area contributed by atoms with Crippen LogP contribution in [0.4, 0.5) is 4.39 Å². The van der Waals surface area contributed by atoms with E-state index in [4.69, 9.17) is 0 Å². The van der Waals surface area contributed by atoms with Crippen molar-refractivity contribution in [2.75, 3.05) is 6.54 Å². The first-order valence-corrected chi connectivity index (χ1v) is 3.55. The second kappa shape index (κ2) is 2.20. The van der Waals surface area contributed by atoms with Crippen LogP contribution in [0.1, 0.15) is 6.92 Å². The Morgan fingerprint density at radius 1 is 1.55 bits per heavy atom. The average molecular weight is 152 g/mol. The third-order valence-electron chi connectivity index (χ3n) is 1.86. The molecule has 0 aromatic rings. The fourth-order valence-corrected chi connectivity index (χ4v) is 1.25. The minimum Gasteiger partial charge on any atom is -0.281 e. The molecule has 2 heterocycles. The van der Waals surface area contributed by atoms with Crippen LogP contribution in [0.3, 0.4) is 0 Å². The zero-order chi connectivity index (χ0) is 7.84. The van der Waals surface area contributed by atoms with Crippen molar-refractivity contribution in [3.05, 3.63) is 35.4 Å². The first-order chi connectivity index (χ1) is 5.27. The summed E-state index contributed by atoms with van der Waals surface area (Å²) in [6.07, 6.45) is 4.71. The van der Waals surface area contributed by atoms with Crippen LogP contribution in [-0.2, 0) is 0 Å². The fourth-order valence-electron chi connectivity index (χ4n) is 1.25. The first-order valence-electron chi connectivity index (χ1n) is 3.55. The highest BCUT2D eigenvalue weighted by atomic mass is 19.1. The third kappa shape index (κ3) is 0.973. The Bertz CT molecular complexity index is 276. The quantitative estimate of drug-likeness (QED) is 0.565. The molecule has 1 N–H and O–H groups in total. The molecule has 0 saturated carbocycles. The minimum absolute atomic E-state index is 0.212. The normalized spacial score (nSPS) is 22.4. The lowest BCUT2D eigenvalue weighted by atomic mass is 10.2. The standard InChI is InChI=1S/C8H9FN2/c1-6-4-10-11-5-7(9)2-3-8(6)11/h2-3,5,10H,4H2,1H3. The first kappa shape index (κ1) is 6.61. The van der Waals surface area contributed by atoms with E-state index in [0.29, 0.717) is 0 Å². The van der Waals surface area contributed by atoms with Gasteiger partial charge in [-0.05, 0) is 24.6 Å². The SMILES string of the molecule is CC1=C2C=CC(F)=CN2NC1. The summed E-state index contributed by atoms with van der Waals surface area (Å²) in [6, 6.07) is 0. The van der Waals surface area contributed by atoms with Gasteiger partial charge in [-0.25, -0.2) is 9.82 Å². The van der Waals surface area contributed by atoms with Crippen LogP contribution in [-0.4, -0.2) is 11.6 Å². The van der Waals surface area contributed by atoms with Crippen LogP contribution in [0, 0.1) is 0 Å². The Morgan fingerprint density at radius 2 is 2.36 bits per heavy atom. The van der Waals surface area contributed by atoms with Crippen molar-refractivity contribution in [3.8, 4) is 0 Å². The van der Waals surface area contributed by atoms with Gasteiger partial charge in [-0.1, -0.05) is 0 Å². The van der Waals surface area contributed by atoms with Crippen molar-refractivity contribution in [1.29, 1.82) is 0 Å². The maximum absolute atomic E-state index is 12.6. The Hall–Kier alpha value is -1.09. The molecule has 2 rings (SSSR count). The van der Waals surface area contributed by atoms with Gasteiger partial charge in [0.05, 0.1) is 11.9 Å². The number of hydrazine groups is 1. The van der Waals surface area contributed by atoms with E-state index in [-0.39, 0.29) is 5.83 Å². The Kier molecular flexibility index (Phi) is 1.32. The van der Waals surface area contributed by atoms with Gasteiger partial charge in [0.25, 0.3) is 0 Å². The molecule has 0 fully saturated rings. The average Bonchev–Trinajstić information content (AvgIpc) is 2.32. The van der Waals surface area contributed by atoms with Crippen molar-refractivity contribution in [3.63, 3.8) is 0 Å². The van der Waals surface area contributed by atoms with Gasteiger partial charge in [0.1, 0.15) is 5.83 Å². The summed E-state index contributed by atoms with van der Waals surface area (Å²) in [7, 11) is 0. The highest BCUT2D eigenvalue weighted by molar-refractivity contribution is 5.36. The van der Waals surface area contributed by atoms with Crippen LogP contribution < -0.4 is 5.43 Å². The Balaban J connectivity index is 2.37. The summed E-state index contributed by atoms with van der Waals surface area (Å²) in [4.78, 5) is 0. The summed E-state index contributed by atoms with van der Waals surface area (Å²) in [5, 5.41) is 1.71. The van der Waals surface area contributed by atoms with Gasteiger partial charge in [-0.3, -0.25) is 5.01 Å². The monoisotopic (exact) mass is 152 g/mol. The largest absolute Gasteiger partial charge is 0.281 e. The molecule has 11 heavy (non-hydrogen) atoms. The molecule has 0 saturated heterocycles. The second-order valence-electron chi connectivity index (χ2n) is 2.72. The van der Waals surface area contributed by atoms with Crippen molar-refractivity contribution < 1.29 is 4.39 Å². The van der Waals surface area contributed by atoms with E-state index >= 15 is 0 Å². The zero-order valence-electron chi connectivity index (χ0n) is 6.26. The maximum atomic E-state index is 12.6. The van der Waals surface area contributed by atoms with Crippen LogP contribution in [0.2, 0.25) is 0 Å². The van der Waals surface area contributed by atoms with Crippen molar-refractivity contribution >= 4 is 0 Å². The van der Waals surface area contributed by atoms with Crippen molar-refractivity contribution in [1.82, 2.24) is 10.4 Å². The molecular weight excluding hydrogens is 143 g/mol. The predicted molar refractivity (Wildman–Crippen MR) is 40.9 cm³/mol. The van der Waals surface area contributed by atoms with E-state index in [9.17, 15) is 4.39 Å². The van der Waals surface area contributed by atoms with Gasteiger partial charge >= 0.3 is 0 Å². The highest BCUT2D eigenvalue weighted by Gasteiger charge is 2.18. The number of hydrogen-bond donors (Lipinski definition) is 1. The highest BCUT2D eigenvalue weighted by Crippen LogP contribution is 2.22. The predicted octanol–water partition coefficient (Wildman–Crippen LogP) is 1.46. The van der Waals surface area contributed by atoms with Crippen LogP contribution in [0.15, 0.2) is 35.4 Å². The summed E-state index contributed by atoms with van der Waals surface area (Å²) >= 11 is 0. The summed E-state index contributed by atoms with van der Waals surface area (Å²) < 4.78 is 12.6. The van der Waals surface area contributed by atoms with Crippen LogP contribution >= 0.6 is 0 Å². The van der Waals surface area contributed by atoms with Crippen LogP contribution in [0.5, 0.6) is 0 Å². The number of hydrogen-bond acceptors (Lipinski definition) is 2. The van der Waals surface area contributed by atoms with Crippen molar-refractivity contribution in [2.45, 2.75) is 6.92 Å².